The first-order valence-electron chi connectivity index (χ1n) is 10.3. The van der Waals surface area contributed by atoms with Crippen molar-refractivity contribution in [3.8, 4) is 17.2 Å². The number of hydrogen-bond donors (Lipinski definition) is 1. The molecule has 0 spiro atoms. The average molecular weight is 558 g/mol. The minimum atomic E-state index is -0.0840. The standard InChI is InChI=1S/C22H30N4O5.HI/c1-5-23-22(24-15-17-19(29-3)13-16(28-2)14-20(17)30-4)26-10-8-25(9-11-26)21(27)18-7-6-12-31-18;/h6-7,12-14H,5,8-11,15H2,1-4H3,(H,23,24);1H. The molecule has 1 aromatic heterocycles. The normalized spacial score (nSPS) is 13.9. The molecule has 1 N–H and O–H groups in total. The lowest BCUT2D eigenvalue weighted by atomic mass is 10.1. The highest BCUT2D eigenvalue weighted by atomic mass is 127. The van der Waals surface area contributed by atoms with Gasteiger partial charge in [0.2, 0.25) is 0 Å². The summed E-state index contributed by atoms with van der Waals surface area (Å²) in [5, 5.41) is 3.34. The lowest BCUT2D eigenvalue weighted by molar-refractivity contribution is 0.0657. The van der Waals surface area contributed by atoms with Crippen molar-refractivity contribution in [1.29, 1.82) is 0 Å². The third-order valence-electron chi connectivity index (χ3n) is 5.14. The van der Waals surface area contributed by atoms with Crippen molar-refractivity contribution in [3.63, 3.8) is 0 Å². The van der Waals surface area contributed by atoms with E-state index < -0.39 is 0 Å². The molecule has 1 aliphatic rings. The molecule has 0 unspecified atom stereocenters. The lowest BCUT2D eigenvalue weighted by Crippen LogP contribution is -2.53. The monoisotopic (exact) mass is 558 g/mol. The highest BCUT2D eigenvalue weighted by Crippen LogP contribution is 2.34. The summed E-state index contributed by atoms with van der Waals surface area (Å²) in [4.78, 5) is 21.3. The molecule has 9 nitrogen and oxygen atoms in total. The van der Waals surface area contributed by atoms with Crippen LogP contribution in [-0.4, -0.2) is 75.7 Å². The van der Waals surface area contributed by atoms with E-state index in [1.165, 1.54) is 6.26 Å². The van der Waals surface area contributed by atoms with Crippen LogP contribution in [0.25, 0.3) is 0 Å². The third kappa shape index (κ3) is 5.99. The summed E-state index contributed by atoms with van der Waals surface area (Å²) >= 11 is 0. The predicted octanol–water partition coefficient (Wildman–Crippen LogP) is 2.85. The molecule has 0 atom stereocenters. The van der Waals surface area contributed by atoms with Crippen LogP contribution in [-0.2, 0) is 6.54 Å². The Kier molecular flexibility index (Phi) is 9.95. The van der Waals surface area contributed by atoms with Gasteiger partial charge in [-0.15, -0.1) is 24.0 Å². The predicted molar refractivity (Wildman–Crippen MR) is 133 cm³/mol. The first kappa shape index (κ1) is 25.6. The number of halogens is 1. The second-order valence-electron chi connectivity index (χ2n) is 6.94. The molecule has 2 heterocycles. The van der Waals surface area contributed by atoms with Gasteiger partial charge in [0, 0.05) is 44.9 Å². The Morgan fingerprint density at radius 1 is 1.06 bits per heavy atom. The van der Waals surface area contributed by atoms with Gasteiger partial charge in [-0.3, -0.25) is 4.79 Å². The molecule has 32 heavy (non-hydrogen) atoms. The first-order valence-corrected chi connectivity index (χ1v) is 10.3. The van der Waals surface area contributed by atoms with E-state index in [1.807, 2.05) is 19.1 Å². The fourth-order valence-electron chi connectivity index (χ4n) is 3.49. The van der Waals surface area contributed by atoms with Gasteiger partial charge in [0.05, 0.1) is 39.7 Å². The summed E-state index contributed by atoms with van der Waals surface area (Å²) in [5.41, 5.74) is 0.841. The number of aliphatic imine (C=N–C) groups is 1. The highest BCUT2D eigenvalue weighted by Gasteiger charge is 2.25. The Balaban J connectivity index is 0.00000363. The molecule has 0 saturated carbocycles. The minimum absolute atomic E-state index is 0. The number of hydrogen-bond acceptors (Lipinski definition) is 6. The van der Waals surface area contributed by atoms with Crippen molar-refractivity contribution in [2.24, 2.45) is 4.99 Å². The van der Waals surface area contributed by atoms with E-state index in [9.17, 15) is 4.79 Å². The number of furan rings is 1. The molecular formula is C22H31IN4O5. The number of nitrogens with zero attached hydrogens (tertiary/aromatic N) is 3. The Bertz CT molecular complexity index is 871. The van der Waals surface area contributed by atoms with Crippen molar-refractivity contribution in [1.82, 2.24) is 15.1 Å². The zero-order valence-corrected chi connectivity index (χ0v) is 21.3. The van der Waals surface area contributed by atoms with Gasteiger partial charge in [0.25, 0.3) is 5.91 Å². The number of carbonyl (C=O) groups excluding carboxylic acids is 1. The molecular weight excluding hydrogens is 527 g/mol. The van der Waals surface area contributed by atoms with Crippen LogP contribution < -0.4 is 19.5 Å². The third-order valence-corrected chi connectivity index (χ3v) is 5.14. The first-order chi connectivity index (χ1) is 15.1. The van der Waals surface area contributed by atoms with Crippen molar-refractivity contribution in [3.05, 3.63) is 41.9 Å². The maximum absolute atomic E-state index is 12.5. The number of carbonyl (C=O) groups is 1. The summed E-state index contributed by atoms with van der Waals surface area (Å²) in [6, 6.07) is 7.05. The van der Waals surface area contributed by atoms with Crippen molar-refractivity contribution in [2.75, 3.05) is 54.1 Å². The molecule has 1 amide bonds. The van der Waals surface area contributed by atoms with Gasteiger partial charge in [-0.25, -0.2) is 4.99 Å². The van der Waals surface area contributed by atoms with Gasteiger partial charge in [-0.2, -0.15) is 0 Å². The fraction of sp³-hybridized carbons (Fsp3) is 0.455. The van der Waals surface area contributed by atoms with E-state index >= 15 is 0 Å². The van der Waals surface area contributed by atoms with Crippen LogP contribution in [0, 0.1) is 0 Å². The van der Waals surface area contributed by atoms with Crippen LogP contribution in [0.15, 0.2) is 39.9 Å². The Labute approximate surface area is 205 Å². The Hall–Kier alpha value is -2.63. The fourth-order valence-corrected chi connectivity index (χ4v) is 3.49. The van der Waals surface area contributed by atoms with Gasteiger partial charge in [-0.1, -0.05) is 0 Å². The molecule has 1 aromatic carbocycles. The number of benzene rings is 1. The van der Waals surface area contributed by atoms with Gasteiger partial charge in [0.15, 0.2) is 11.7 Å². The topological polar surface area (TPSA) is 88.8 Å². The second-order valence-corrected chi connectivity index (χ2v) is 6.94. The number of nitrogens with one attached hydrogen (secondary N) is 1. The minimum Gasteiger partial charge on any atom is -0.496 e. The molecule has 1 saturated heterocycles. The molecule has 1 fully saturated rings. The van der Waals surface area contributed by atoms with Crippen LogP contribution in [0.5, 0.6) is 17.2 Å². The molecule has 0 bridgehead atoms. The summed E-state index contributed by atoms with van der Waals surface area (Å²) in [6.07, 6.45) is 1.52. The average Bonchev–Trinajstić information content (AvgIpc) is 3.36. The summed E-state index contributed by atoms with van der Waals surface area (Å²) in [7, 11) is 4.83. The zero-order valence-electron chi connectivity index (χ0n) is 18.9. The number of amides is 1. The number of methoxy groups -OCH3 is 3. The zero-order chi connectivity index (χ0) is 22.2. The molecule has 1 aliphatic heterocycles. The van der Waals surface area contributed by atoms with Crippen molar-refractivity contribution in [2.45, 2.75) is 13.5 Å². The smallest absolute Gasteiger partial charge is 0.289 e. The maximum atomic E-state index is 12.5. The second kappa shape index (κ2) is 12.4. The van der Waals surface area contributed by atoms with E-state index in [-0.39, 0.29) is 29.9 Å². The number of guanidine groups is 1. The van der Waals surface area contributed by atoms with Crippen LogP contribution >= 0.6 is 24.0 Å². The Morgan fingerprint density at radius 3 is 2.19 bits per heavy atom. The van der Waals surface area contributed by atoms with Crippen molar-refractivity contribution >= 4 is 35.8 Å². The molecule has 0 aliphatic carbocycles. The van der Waals surface area contributed by atoms with Gasteiger partial charge < -0.3 is 33.7 Å². The van der Waals surface area contributed by atoms with E-state index in [4.69, 9.17) is 23.6 Å². The SMILES string of the molecule is CCNC(=NCc1c(OC)cc(OC)cc1OC)N1CCN(C(=O)c2ccco2)CC1.I. The van der Waals surface area contributed by atoms with Crippen LogP contribution in [0.2, 0.25) is 0 Å². The largest absolute Gasteiger partial charge is 0.496 e. The van der Waals surface area contributed by atoms with Crippen molar-refractivity contribution < 1.29 is 23.4 Å². The number of rotatable bonds is 7. The van der Waals surface area contributed by atoms with E-state index in [2.05, 4.69) is 10.2 Å². The molecule has 2 aromatic rings. The molecule has 3 rings (SSSR count). The maximum Gasteiger partial charge on any atom is 0.289 e. The summed E-state index contributed by atoms with van der Waals surface area (Å²) < 4.78 is 21.6. The Morgan fingerprint density at radius 2 is 1.69 bits per heavy atom. The van der Waals surface area contributed by atoms with Crippen LogP contribution in [0.3, 0.4) is 0 Å². The number of ether oxygens (including phenoxy) is 3. The van der Waals surface area contributed by atoms with Crippen LogP contribution in [0.4, 0.5) is 0 Å². The highest BCUT2D eigenvalue weighted by molar-refractivity contribution is 14.0. The summed E-state index contributed by atoms with van der Waals surface area (Å²) in [5.74, 6) is 3.04. The van der Waals surface area contributed by atoms with E-state index in [0.29, 0.717) is 55.7 Å². The van der Waals surface area contributed by atoms with Crippen LogP contribution in [0.1, 0.15) is 23.0 Å². The van der Waals surface area contributed by atoms with Gasteiger partial charge in [-0.05, 0) is 19.1 Å². The van der Waals surface area contributed by atoms with Gasteiger partial charge >= 0.3 is 0 Å². The molecule has 0 radical (unpaired) electrons. The number of piperazine rings is 1. The summed E-state index contributed by atoms with van der Waals surface area (Å²) in [6.45, 7) is 5.69. The van der Waals surface area contributed by atoms with E-state index in [0.717, 1.165) is 18.1 Å². The molecule has 10 heteroatoms. The lowest BCUT2D eigenvalue weighted by Gasteiger charge is -2.36. The van der Waals surface area contributed by atoms with Gasteiger partial charge in [0.1, 0.15) is 17.2 Å². The quantitative estimate of drug-likeness (QED) is 0.318. The van der Waals surface area contributed by atoms with E-state index in [1.54, 1.807) is 38.4 Å². The molecule has 176 valence electrons.